The van der Waals surface area contributed by atoms with E-state index in [0.717, 1.165) is 11.3 Å². The molecule has 1 amide bonds. The van der Waals surface area contributed by atoms with Crippen LogP contribution in [0.25, 0.3) is 17.2 Å². The largest absolute Gasteiger partial charge is 0.465 e. The van der Waals surface area contributed by atoms with Crippen molar-refractivity contribution >= 4 is 40.0 Å². The molecule has 0 fully saturated rings. The summed E-state index contributed by atoms with van der Waals surface area (Å²) in [6, 6.07) is 11.3. The Morgan fingerprint density at radius 1 is 1.13 bits per heavy atom. The number of halogens is 1. The Labute approximate surface area is 174 Å². The Bertz CT molecular complexity index is 1120. The van der Waals surface area contributed by atoms with Gasteiger partial charge in [-0.25, -0.2) is 9.18 Å². The number of carbonyl (C=O) groups excluding carboxylic acids is 2. The number of rotatable bonds is 6. The van der Waals surface area contributed by atoms with Crippen molar-refractivity contribution in [3.05, 3.63) is 87.0 Å². The van der Waals surface area contributed by atoms with Crippen LogP contribution < -0.4 is 5.32 Å². The van der Waals surface area contributed by atoms with Crippen LogP contribution >= 0.6 is 11.3 Å². The number of non-ortho nitro benzene ring substituents is 1. The number of nitro benzene ring substituents is 1. The zero-order valence-electron chi connectivity index (χ0n) is 15.6. The number of benzene rings is 2. The lowest BCUT2D eigenvalue weighted by atomic mass is 10.0. The predicted molar refractivity (Wildman–Crippen MR) is 112 cm³/mol. The van der Waals surface area contributed by atoms with Crippen LogP contribution in [0.15, 0.2) is 60.0 Å². The van der Waals surface area contributed by atoms with Crippen molar-refractivity contribution in [2.24, 2.45) is 0 Å². The Morgan fingerprint density at radius 2 is 1.80 bits per heavy atom. The van der Waals surface area contributed by atoms with Gasteiger partial charge in [0.1, 0.15) is 16.4 Å². The van der Waals surface area contributed by atoms with Crippen molar-refractivity contribution in [3.63, 3.8) is 0 Å². The summed E-state index contributed by atoms with van der Waals surface area (Å²) in [5, 5.41) is 15.3. The number of nitrogens with one attached hydrogen (secondary N) is 1. The van der Waals surface area contributed by atoms with Crippen molar-refractivity contribution in [1.29, 1.82) is 0 Å². The minimum absolute atomic E-state index is 0.0498. The highest BCUT2D eigenvalue weighted by Gasteiger charge is 2.22. The maximum Gasteiger partial charge on any atom is 0.341 e. The molecule has 0 saturated heterocycles. The fourth-order valence-electron chi connectivity index (χ4n) is 2.63. The third kappa shape index (κ3) is 4.76. The molecule has 0 bridgehead atoms. The van der Waals surface area contributed by atoms with E-state index in [0.29, 0.717) is 21.7 Å². The van der Waals surface area contributed by atoms with Gasteiger partial charge in [-0.2, -0.15) is 0 Å². The SMILES string of the molecule is COC(=O)c1c(-c2ccc(F)cc2)csc1NC(=O)C=Cc1ccc([N+](=O)[O-])cc1. The lowest BCUT2D eigenvalue weighted by Gasteiger charge is -2.06. The van der Waals surface area contributed by atoms with Crippen LogP contribution in [0.2, 0.25) is 0 Å². The van der Waals surface area contributed by atoms with E-state index in [9.17, 15) is 24.1 Å². The van der Waals surface area contributed by atoms with Crippen molar-refractivity contribution in [1.82, 2.24) is 0 Å². The third-order valence-corrected chi connectivity index (χ3v) is 5.00. The first kappa shape index (κ1) is 20.9. The Kier molecular flexibility index (Phi) is 6.33. The molecule has 2 aromatic carbocycles. The summed E-state index contributed by atoms with van der Waals surface area (Å²) < 4.78 is 18.0. The summed E-state index contributed by atoms with van der Waals surface area (Å²) in [5.41, 5.74) is 1.84. The number of hydrogen-bond donors (Lipinski definition) is 1. The van der Waals surface area contributed by atoms with Gasteiger partial charge in [-0.3, -0.25) is 14.9 Å². The van der Waals surface area contributed by atoms with Crippen LogP contribution in [-0.4, -0.2) is 23.9 Å². The maximum absolute atomic E-state index is 13.2. The van der Waals surface area contributed by atoms with Crippen LogP contribution in [0.1, 0.15) is 15.9 Å². The summed E-state index contributed by atoms with van der Waals surface area (Å²) >= 11 is 1.14. The second-order valence-electron chi connectivity index (χ2n) is 6.02. The van der Waals surface area contributed by atoms with Gasteiger partial charge in [-0.1, -0.05) is 12.1 Å². The van der Waals surface area contributed by atoms with E-state index in [2.05, 4.69) is 5.32 Å². The van der Waals surface area contributed by atoms with E-state index in [1.807, 2.05) is 0 Å². The van der Waals surface area contributed by atoms with Gasteiger partial charge < -0.3 is 10.1 Å². The zero-order chi connectivity index (χ0) is 21.7. The molecule has 152 valence electrons. The second kappa shape index (κ2) is 9.10. The molecular formula is C21H15FN2O5S. The number of ether oxygens (including phenoxy) is 1. The van der Waals surface area contributed by atoms with Crippen LogP contribution in [0.3, 0.4) is 0 Å². The van der Waals surface area contributed by atoms with E-state index in [-0.39, 0.29) is 11.3 Å². The summed E-state index contributed by atoms with van der Waals surface area (Å²) in [6.45, 7) is 0. The summed E-state index contributed by atoms with van der Waals surface area (Å²) in [5.74, 6) is -1.53. The molecule has 1 N–H and O–H groups in total. The fraction of sp³-hybridized carbons (Fsp3) is 0.0476. The van der Waals surface area contributed by atoms with Gasteiger partial charge >= 0.3 is 5.97 Å². The molecule has 0 spiro atoms. The molecule has 0 saturated carbocycles. The molecule has 0 aliphatic carbocycles. The Balaban J connectivity index is 1.81. The topological polar surface area (TPSA) is 98.5 Å². The smallest absolute Gasteiger partial charge is 0.341 e. The predicted octanol–water partition coefficient (Wildman–Crippen LogP) is 4.90. The minimum atomic E-state index is -0.634. The molecule has 0 atom stereocenters. The number of esters is 1. The van der Waals surface area contributed by atoms with Gasteiger partial charge in [0.05, 0.1) is 12.0 Å². The lowest BCUT2D eigenvalue weighted by molar-refractivity contribution is -0.384. The summed E-state index contributed by atoms with van der Waals surface area (Å²) in [4.78, 5) is 34.8. The van der Waals surface area contributed by atoms with Gasteiger partial charge in [-0.05, 0) is 41.5 Å². The van der Waals surface area contributed by atoms with Gasteiger partial charge in [0, 0.05) is 29.2 Å². The van der Waals surface area contributed by atoms with Crippen LogP contribution in [0.4, 0.5) is 15.1 Å². The number of carbonyl (C=O) groups is 2. The normalized spacial score (nSPS) is 10.7. The molecule has 30 heavy (non-hydrogen) atoms. The zero-order valence-corrected chi connectivity index (χ0v) is 16.4. The van der Waals surface area contributed by atoms with Crippen LogP contribution in [-0.2, 0) is 9.53 Å². The fourth-order valence-corrected chi connectivity index (χ4v) is 3.59. The highest BCUT2D eigenvalue weighted by atomic mass is 32.1. The van der Waals surface area contributed by atoms with E-state index < -0.39 is 22.6 Å². The number of thiophene rings is 1. The quantitative estimate of drug-likeness (QED) is 0.262. The average Bonchev–Trinajstić information content (AvgIpc) is 3.15. The lowest BCUT2D eigenvalue weighted by Crippen LogP contribution is -2.11. The molecule has 1 heterocycles. The Morgan fingerprint density at radius 3 is 2.40 bits per heavy atom. The Hall–Kier alpha value is -3.85. The van der Waals surface area contributed by atoms with Gasteiger partial charge in [0.15, 0.2) is 0 Å². The standard InChI is InChI=1S/C21H15FN2O5S/c1-29-21(26)19-17(14-5-7-15(22)8-6-14)12-30-20(19)23-18(25)11-4-13-2-9-16(10-3-13)24(27)28/h2-12H,1H3,(H,23,25). The number of amides is 1. The van der Waals surface area contributed by atoms with Gasteiger partial charge in [0.25, 0.3) is 5.69 Å². The third-order valence-electron chi connectivity index (χ3n) is 4.10. The van der Waals surface area contributed by atoms with Crippen molar-refractivity contribution in [3.8, 4) is 11.1 Å². The number of nitro groups is 1. The molecule has 3 aromatic rings. The van der Waals surface area contributed by atoms with E-state index in [1.165, 1.54) is 67.8 Å². The van der Waals surface area contributed by atoms with E-state index in [1.54, 1.807) is 5.38 Å². The maximum atomic E-state index is 13.2. The van der Waals surface area contributed by atoms with E-state index >= 15 is 0 Å². The molecule has 0 aliphatic heterocycles. The first-order valence-corrected chi connectivity index (χ1v) is 9.46. The number of methoxy groups -OCH3 is 1. The highest BCUT2D eigenvalue weighted by Crippen LogP contribution is 2.36. The minimum Gasteiger partial charge on any atom is -0.465 e. The van der Waals surface area contributed by atoms with Crippen molar-refractivity contribution in [2.75, 3.05) is 12.4 Å². The first-order valence-electron chi connectivity index (χ1n) is 8.58. The molecule has 3 rings (SSSR count). The van der Waals surface area contributed by atoms with Crippen molar-refractivity contribution < 1.29 is 23.6 Å². The molecule has 1 aromatic heterocycles. The number of hydrogen-bond acceptors (Lipinski definition) is 6. The molecular weight excluding hydrogens is 411 g/mol. The molecule has 0 unspecified atom stereocenters. The summed E-state index contributed by atoms with van der Waals surface area (Å²) in [6.07, 6.45) is 2.74. The van der Waals surface area contributed by atoms with Crippen LogP contribution in [0, 0.1) is 15.9 Å². The number of anilines is 1. The molecule has 0 aliphatic rings. The first-order chi connectivity index (χ1) is 14.4. The van der Waals surface area contributed by atoms with Crippen LogP contribution in [0.5, 0.6) is 0 Å². The monoisotopic (exact) mass is 426 g/mol. The summed E-state index contributed by atoms with van der Waals surface area (Å²) in [7, 11) is 1.23. The molecule has 9 heteroatoms. The average molecular weight is 426 g/mol. The number of nitrogens with zero attached hydrogens (tertiary/aromatic N) is 1. The van der Waals surface area contributed by atoms with Crippen molar-refractivity contribution in [2.45, 2.75) is 0 Å². The highest BCUT2D eigenvalue weighted by molar-refractivity contribution is 7.15. The van der Waals surface area contributed by atoms with Gasteiger partial charge in [-0.15, -0.1) is 11.3 Å². The molecule has 0 radical (unpaired) electrons. The van der Waals surface area contributed by atoms with E-state index in [4.69, 9.17) is 4.74 Å². The van der Waals surface area contributed by atoms with Gasteiger partial charge in [0.2, 0.25) is 5.91 Å². The second-order valence-corrected chi connectivity index (χ2v) is 6.90. The molecule has 7 nitrogen and oxygen atoms in total.